The van der Waals surface area contributed by atoms with Crippen molar-refractivity contribution in [1.29, 1.82) is 0 Å². The molecular weight excluding hydrogens is 316 g/mol. The van der Waals surface area contributed by atoms with E-state index in [1.54, 1.807) is 11.3 Å². The highest BCUT2D eigenvalue weighted by Gasteiger charge is 2.28. The Kier molecular flexibility index (Phi) is 4.67. The predicted molar refractivity (Wildman–Crippen MR) is 98.4 cm³/mol. The van der Waals surface area contributed by atoms with Gasteiger partial charge in [-0.05, 0) is 52.8 Å². The Morgan fingerprint density at radius 3 is 2.62 bits per heavy atom. The molecule has 1 aliphatic heterocycles. The molecule has 1 fully saturated rings. The van der Waals surface area contributed by atoms with E-state index < -0.39 is 0 Å². The Hall–Kier alpha value is -1.65. The molecule has 4 rings (SSSR count). The molecule has 1 amide bonds. The smallest absolute Gasteiger partial charge is 0.227 e. The maximum Gasteiger partial charge on any atom is 0.227 e. The van der Waals surface area contributed by atoms with Crippen molar-refractivity contribution in [2.45, 2.75) is 31.7 Å². The fourth-order valence-electron chi connectivity index (χ4n) is 4.01. The normalized spacial score (nSPS) is 21.5. The first kappa shape index (κ1) is 15.9. The lowest BCUT2D eigenvalue weighted by molar-refractivity contribution is -0.132. The van der Waals surface area contributed by atoms with Gasteiger partial charge in [-0.1, -0.05) is 24.3 Å². The van der Waals surface area contributed by atoms with E-state index in [0.717, 1.165) is 31.7 Å². The highest BCUT2D eigenvalue weighted by atomic mass is 32.1. The average molecular weight is 340 g/mol. The molecule has 1 atom stereocenters. The second-order valence-electron chi connectivity index (χ2n) is 6.89. The van der Waals surface area contributed by atoms with E-state index in [4.69, 9.17) is 0 Å². The van der Waals surface area contributed by atoms with Gasteiger partial charge in [-0.3, -0.25) is 9.69 Å². The number of amides is 1. The third kappa shape index (κ3) is 3.40. The number of rotatable bonds is 3. The average Bonchev–Trinajstić information content (AvgIpc) is 3.14. The second-order valence-corrected chi connectivity index (χ2v) is 7.67. The highest BCUT2D eigenvalue weighted by molar-refractivity contribution is 7.08. The van der Waals surface area contributed by atoms with Crippen LogP contribution in [0.15, 0.2) is 41.1 Å². The topological polar surface area (TPSA) is 23.6 Å². The molecule has 2 aromatic rings. The van der Waals surface area contributed by atoms with Gasteiger partial charge in [0.25, 0.3) is 0 Å². The molecule has 0 unspecified atom stereocenters. The zero-order chi connectivity index (χ0) is 16.4. The summed E-state index contributed by atoms with van der Waals surface area (Å²) in [5, 5.41) is 4.12. The molecule has 3 nitrogen and oxygen atoms in total. The third-order valence-corrected chi connectivity index (χ3v) is 6.17. The van der Waals surface area contributed by atoms with Crippen LogP contribution < -0.4 is 0 Å². The number of piperazine rings is 1. The van der Waals surface area contributed by atoms with Gasteiger partial charge in [-0.25, -0.2) is 0 Å². The van der Waals surface area contributed by atoms with Gasteiger partial charge in [-0.15, -0.1) is 0 Å². The number of hydrogen-bond acceptors (Lipinski definition) is 3. The molecule has 2 aliphatic rings. The fraction of sp³-hybridized carbons (Fsp3) is 0.450. The monoisotopic (exact) mass is 340 g/mol. The van der Waals surface area contributed by atoms with Crippen LogP contribution in [0.3, 0.4) is 0 Å². The van der Waals surface area contributed by atoms with Crippen molar-refractivity contribution in [2.75, 3.05) is 26.2 Å². The van der Waals surface area contributed by atoms with E-state index in [1.807, 2.05) is 10.3 Å². The van der Waals surface area contributed by atoms with Crippen molar-refractivity contribution in [3.63, 3.8) is 0 Å². The zero-order valence-corrected chi connectivity index (χ0v) is 14.8. The van der Waals surface area contributed by atoms with E-state index in [9.17, 15) is 4.79 Å². The summed E-state index contributed by atoms with van der Waals surface area (Å²) in [6.45, 7) is 3.78. The Balaban J connectivity index is 1.31. The molecule has 0 N–H and O–H groups in total. The summed E-state index contributed by atoms with van der Waals surface area (Å²) < 4.78 is 0. The molecule has 1 saturated heterocycles. The summed E-state index contributed by atoms with van der Waals surface area (Å²) in [7, 11) is 0. The van der Waals surface area contributed by atoms with Gasteiger partial charge >= 0.3 is 0 Å². The summed E-state index contributed by atoms with van der Waals surface area (Å²) in [4.78, 5) is 17.1. The summed E-state index contributed by atoms with van der Waals surface area (Å²) in [5.74, 6) is 0.280. The lowest BCUT2D eigenvalue weighted by atomic mass is 9.87. The number of hydrogen-bond donors (Lipinski definition) is 0. The minimum atomic E-state index is 0.280. The maximum absolute atomic E-state index is 12.4. The third-order valence-electron chi connectivity index (χ3n) is 5.44. The fourth-order valence-corrected chi connectivity index (χ4v) is 4.67. The molecular formula is C20H24N2OS. The predicted octanol–water partition coefficient (Wildman–Crippen LogP) is 2.99. The summed E-state index contributed by atoms with van der Waals surface area (Å²) in [6, 6.07) is 11.6. The van der Waals surface area contributed by atoms with Crippen LogP contribution in [0.25, 0.3) is 0 Å². The Bertz CT molecular complexity index is 689. The quantitative estimate of drug-likeness (QED) is 0.857. The van der Waals surface area contributed by atoms with Crippen molar-refractivity contribution >= 4 is 17.2 Å². The minimum Gasteiger partial charge on any atom is -0.340 e. The van der Waals surface area contributed by atoms with Crippen molar-refractivity contribution in [1.82, 2.24) is 9.80 Å². The Labute approximate surface area is 147 Å². The molecule has 1 aromatic carbocycles. The number of nitrogens with zero attached hydrogens (tertiary/aromatic N) is 2. The van der Waals surface area contributed by atoms with E-state index in [-0.39, 0.29) is 5.91 Å². The maximum atomic E-state index is 12.4. The van der Waals surface area contributed by atoms with Gasteiger partial charge < -0.3 is 4.90 Å². The molecule has 4 heteroatoms. The first-order valence-electron chi connectivity index (χ1n) is 8.89. The second kappa shape index (κ2) is 7.08. The molecule has 1 aromatic heterocycles. The minimum absolute atomic E-state index is 0.280. The largest absolute Gasteiger partial charge is 0.340 e. The Morgan fingerprint density at radius 1 is 1.08 bits per heavy atom. The van der Waals surface area contributed by atoms with Crippen LogP contribution >= 0.6 is 11.3 Å². The van der Waals surface area contributed by atoms with Gasteiger partial charge in [0.2, 0.25) is 5.91 Å². The lowest BCUT2D eigenvalue weighted by Crippen LogP contribution is -2.53. The molecule has 2 heterocycles. The molecule has 1 aliphatic carbocycles. The van der Waals surface area contributed by atoms with Crippen LogP contribution in [0, 0.1) is 0 Å². The van der Waals surface area contributed by atoms with Gasteiger partial charge in [0.1, 0.15) is 0 Å². The SMILES string of the molecule is O=C(Cc1ccsc1)N1CCN([C@H]2CCc3ccccc3C2)CC1. The Morgan fingerprint density at radius 2 is 1.88 bits per heavy atom. The molecule has 0 radical (unpaired) electrons. The molecule has 0 spiro atoms. The lowest BCUT2D eigenvalue weighted by Gasteiger charge is -2.41. The van der Waals surface area contributed by atoms with Crippen molar-refractivity contribution in [3.05, 3.63) is 57.8 Å². The molecule has 0 bridgehead atoms. The molecule has 24 heavy (non-hydrogen) atoms. The van der Waals surface area contributed by atoms with E-state index in [0.29, 0.717) is 12.5 Å². The van der Waals surface area contributed by atoms with Gasteiger partial charge in [0.15, 0.2) is 0 Å². The van der Waals surface area contributed by atoms with Crippen molar-refractivity contribution in [3.8, 4) is 0 Å². The van der Waals surface area contributed by atoms with Gasteiger partial charge in [0.05, 0.1) is 6.42 Å². The van der Waals surface area contributed by atoms with Crippen LogP contribution in [0.5, 0.6) is 0 Å². The van der Waals surface area contributed by atoms with Crippen LogP contribution in [-0.2, 0) is 24.1 Å². The number of benzene rings is 1. The van der Waals surface area contributed by atoms with Crippen LogP contribution in [0.2, 0.25) is 0 Å². The highest BCUT2D eigenvalue weighted by Crippen LogP contribution is 2.25. The molecule has 126 valence electrons. The van der Waals surface area contributed by atoms with E-state index in [1.165, 1.54) is 30.4 Å². The van der Waals surface area contributed by atoms with E-state index in [2.05, 4.69) is 40.6 Å². The van der Waals surface area contributed by atoms with E-state index >= 15 is 0 Å². The first-order valence-corrected chi connectivity index (χ1v) is 9.83. The summed E-state index contributed by atoms with van der Waals surface area (Å²) in [5.41, 5.74) is 4.19. The van der Waals surface area contributed by atoms with Crippen molar-refractivity contribution in [2.24, 2.45) is 0 Å². The first-order chi connectivity index (χ1) is 11.8. The van der Waals surface area contributed by atoms with Gasteiger partial charge in [0, 0.05) is 32.2 Å². The van der Waals surface area contributed by atoms with Crippen LogP contribution in [-0.4, -0.2) is 47.9 Å². The number of aryl methyl sites for hydroxylation is 1. The standard InChI is InChI=1S/C20H24N2OS/c23-20(13-16-7-12-24-15-16)22-10-8-21(9-11-22)19-6-5-17-3-1-2-4-18(17)14-19/h1-4,7,12,15,19H,5-6,8-11,13-14H2/t19-/m0/s1. The zero-order valence-electron chi connectivity index (χ0n) is 14.0. The van der Waals surface area contributed by atoms with Gasteiger partial charge in [-0.2, -0.15) is 11.3 Å². The summed E-state index contributed by atoms with van der Waals surface area (Å²) in [6.07, 6.45) is 4.16. The van der Waals surface area contributed by atoms with Crippen LogP contribution in [0.4, 0.5) is 0 Å². The summed E-state index contributed by atoms with van der Waals surface area (Å²) >= 11 is 1.66. The number of carbonyl (C=O) groups is 1. The molecule has 0 saturated carbocycles. The number of fused-ring (bicyclic) bond motifs is 1. The number of thiophene rings is 1. The van der Waals surface area contributed by atoms with Crippen LogP contribution in [0.1, 0.15) is 23.1 Å². The number of carbonyl (C=O) groups excluding carboxylic acids is 1. The van der Waals surface area contributed by atoms with Crippen molar-refractivity contribution < 1.29 is 4.79 Å².